The van der Waals surface area contributed by atoms with Gasteiger partial charge in [-0.15, -0.1) is 0 Å². The number of nitrogens with one attached hydrogen (secondary N) is 1. The van der Waals surface area contributed by atoms with Gasteiger partial charge in [0.2, 0.25) is 0 Å². The first-order valence-corrected chi connectivity index (χ1v) is 11.1. The van der Waals surface area contributed by atoms with Gasteiger partial charge in [-0.3, -0.25) is 0 Å². The summed E-state index contributed by atoms with van der Waals surface area (Å²) >= 11 is 0. The number of hydrogen-bond acceptors (Lipinski definition) is 6. The quantitative estimate of drug-likeness (QED) is 0.503. The van der Waals surface area contributed by atoms with Gasteiger partial charge in [0, 0.05) is 17.7 Å². The fraction of sp³-hybridized carbons (Fsp3) is 0.333. The zero-order valence-electron chi connectivity index (χ0n) is 18.0. The molecule has 0 aliphatic carbocycles. The van der Waals surface area contributed by atoms with Crippen molar-refractivity contribution < 1.29 is 4.39 Å². The summed E-state index contributed by atoms with van der Waals surface area (Å²) < 4.78 is 15.2. The van der Waals surface area contributed by atoms with Gasteiger partial charge in [0.25, 0.3) is 0 Å². The molecule has 164 valence electrons. The van der Waals surface area contributed by atoms with Gasteiger partial charge in [-0.2, -0.15) is 5.10 Å². The number of rotatable bonds is 5. The van der Waals surface area contributed by atoms with Crippen LogP contribution < -0.4 is 11.1 Å². The Morgan fingerprint density at radius 2 is 1.88 bits per heavy atom. The van der Waals surface area contributed by atoms with Crippen molar-refractivity contribution in [2.24, 2.45) is 5.73 Å². The minimum atomic E-state index is -0.516. The molecule has 3 N–H and O–H groups in total. The molecule has 1 fully saturated rings. The van der Waals surface area contributed by atoms with Crippen molar-refractivity contribution in [3.05, 3.63) is 77.3 Å². The lowest BCUT2D eigenvalue weighted by molar-refractivity contribution is 0.448. The largest absolute Gasteiger partial charge is 0.318 e. The Morgan fingerprint density at radius 3 is 2.62 bits per heavy atom. The van der Waals surface area contributed by atoms with Crippen LogP contribution in [0.1, 0.15) is 54.5 Å². The Labute approximate surface area is 185 Å². The highest BCUT2D eigenvalue weighted by Crippen LogP contribution is 2.28. The normalized spacial score (nSPS) is 15.8. The molecule has 1 unspecified atom stereocenters. The van der Waals surface area contributed by atoms with Crippen LogP contribution in [0.25, 0.3) is 17.0 Å². The molecule has 1 aliphatic heterocycles. The number of aryl methyl sites for hydroxylation is 1. The zero-order valence-corrected chi connectivity index (χ0v) is 18.0. The third-order valence-electron chi connectivity index (χ3n) is 6.09. The highest BCUT2D eigenvalue weighted by molar-refractivity contribution is 5.55. The third kappa shape index (κ3) is 3.87. The second-order valence-corrected chi connectivity index (χ2v) is 8.14. The van der Waals surface area contributed by atoms with Crippen molar-refractivity contribution in [1.29, 1.82) is 0 Å². The van der Waals surface area contributed by atoms with Crippen LogP contribution in [0.4, 0.5) is 4.39 Å². The van der Waals surface area contributed by atoms with Gasteiger partial charge in [-0.1, -0.05) is 6.92 Å². The maximum Gasteiger partial charge on any atom is 0.159 e. The fourth-order valence-corrected chi connectivity index (χ4v) is 4.34. The van der Waals surface area contributed by atoms with Crippen molar-refractivity contribution in [2.75, 3.05) is 13.1 Å². The van der Waals surface area contributed by atoms with Crippen LogP contribution in [0.5, 0.6) is 0 Å². The molecule has 4 heterocycles. The average Bonchev–Trinajstić information content (AvgIpc) is 3.22. The van der Waals surface area contributed by atoms with E-state index in [-0.39, 0.29) is 5.82 Å². The number of benzene rings is 1. The van der Waals surface area contributed by atoms with E-state index in [2.05, 4.69) is 28.3 Å². The number of piperidine rings is 1. The molecule has 1 aliphatic rings. The number of fused-ring (bicyclic) bond motifs is 1. The molecular formula is C24H26FN7. The number of nitrogens with two attached hydrogens (primary N) is 1. The van der Waals surface area contributed by atoms with Gasteiger partial charge >= 0.3 is 0 Å². The maximum atomic E-state index is 13.3. The minimum Gasteiger partial charge on any atom is -0.318 e. The van der Waals surface area contributed by atoms with E-state index in [0.29, 0.717) is 17.4 Å². The Hall–Kier alpha value is -3.23. The van der Waals surface area contributed by atoms with Crippen LogP contribution in [-0.4, -0.2) is 37.7 Å². The van der Waals surface area contributed by atoms with E-state index < -0.39 is 6.04 Å². The van der Waals surface area contributed by atoms with E-state index >= 15 is 0 Å². The summed E-state index contributed by atoms with van der Waals surface area (Å²) in [6.07, 6.45) is 4.57. The van der Waals surface area contributed by atoms with Crippen molar-refractivity contribution in [3.63, 3.8) is 0 Å². The predicted octanol–water partition coefficient (Wildman–Crippen LogP) is 3.40. The molecule has 5 rings (SSSR count). The lowest BCUT2D eigenvalue weighted by Crippen LogP contribution is -2.27. The van der Waals surface area contributed by atoms with Gasteiger partial charge in [-0.05, 0) is 74.8 Å². The monoisotopic (exact) mass is 431 g/mol. The summed E-state index contributed by atoms with van der Waals surface area (Å²) in [6, 6.07) is 11.5. The lowest BCUT2D eigenvalue weighted by atomic mass is 9.94. The Morgan fingerprint density at radius 1 is 1.09 bits per heavy atom. The number of imidazole rings is 1. The molecule has 4 aromatic rings. The molecule has 0 spiro atoms. The first-order valence-electron chi connectivity index (χ1n) is 11.1. The summed E-state index contributed by atoms with van der Waals surface area (Å²) in [6.45, 7) is 4.08. The molecule has 0 amide bonds. The number of halogens is 1. The minimum absolute atomic E-state index is 0.296. The van der Waals surface area contributed by atoms with Gasteiger partial charge in [-0.25, -0.2) is 23.9 Å². The summed E-state index contributed by atoms with van der Waals surface area (Å²) in [4.78, 5) is 13.8. The summed E-state index contributed by atoms with van der Waals surface area (Å²) in [5.74, 6) is 0.644. The molecule has 7 nitrogen and oxygen atoms in total. The summed E-state index contributed by atoms with van der Waals surface area (Å²) in [5.41, 5.74) is 11.8. The average molecular weight is 432 g/mol. The summed E-state index contributed by atoms with van der Waals surface area (Å²) in [5, 5.41) is 8.37. The highest BCUT2D eigenvalue weighted by Gasteiger charge is 2.24. The molecule has 0 saturated carbocycles. The van der Waals surface area contributed by atoms with Gasteiger partial charge < -0.3 is 11.1 Å². The smallest absolute Gasteiger partial charge is 0.159 e. The van der Waals surface area contributed by atoms with Crippen LogP contribution in [0.15, 0.2) is 48.7 Å². The molecule has 1 atom stereocenters. The maximum absolute atomic E-state index is 13.3. The Bertz CT molecular complexity index is 1230. The van der Waals surface area contributed by atoms with Crippen molar-refractivity contribution in [3.8, 4) is 11.4 Å². The molecule has 0 radical (unpaired) electrons. The van der Waals surface area contributed by atoms with E-state index in [1.54, 1.807) is 18.3 Å². The Kier molecular flexibility index (Phi) is 5.63. The Balaban J connectivity index is 1.55. The molecule has 32 heavy (non-hydrogen) atoms. The van der Waals surface area contributed by atoms with Crippen LogP contribution in [0, 0.1) is 5.82 Å². The first-order chi connectivity index (χ1) is 15.6. The van der Waals surface area contributed by atoms with E-state index in [4.69, 9.17) is 15.8 Å². The van der Waals surface area contributed by atoms with Crippen LogP contribution in [-0.2, 0) is 6.42 Å². The van der Waals surface area contributed by atoms with Crippen LogP contribution in [0.2, 0.25) is 0 Å². The molecular weight excluding hydrogens is 405 g/mol. The van der Waals surface area contributed by atoms with Crippen LogP contribution >= 0.6 is 0 Å². The van der Waals surface area contributed by atoms with E-state index in [9.17, 15) is 4.39 Å². The fourth-order valence-electron chi connectivity index (χ4n) is 4.34. The standard InChI is InChI=1S/C24H26FN7/c1-2-18-23(32-21(29-18)8-7-19(31-32)15-9-12-27-13-10-15)22(26)20-11-14-28-24(30-20)16-3-5-17(25)6-4-16/h3-8,11,14-15,22,27H,2,9-10,12-13,26H2,1H3. The summed E-state index contributed by atoms with van der Waals surface area (Å²) in [7, 11) is 0. The van der Waals surface area contributed by atoms with E-state index in [1.165, 1.54) is 12.1 Å². The van der Waals surface area contributed by atoms with Crippen molar-refractivity contribution in [1.82, 2.24) is 29.9 Å². The van der Waals surface area contributed by atoms with Gasteiger partial charge in [0.15, 0.2) is 11.5 Å². The molecule has 3 aromatic heterocycles. The van der Waals surface area contributed by atoms with Crippen LogP contribution in [0.3, 0.4) is 0 Å². The second-order valence-electron chi connectivity index (χ2n) is 8.14. The van der Waals surface area contributed by atoms with Crippen molar-refractivity contribution in [2.45, 2.75) is 38.1 Å². The highest BCUT2D eigenvalue weighted by atomic mass is 19.1. The lowest BCUT2D eigenvalue weighted by Gasteiger charge is -2.22. The first kappa shape index (κ1) is 20.7. The van der Waals surface area contributed by atoms with Crippen molar-refractivity contribution >= 4 is 5.65 Å². The molecule has 0 bridgehead atoms. The topological polar surface area (TPSA) is 94.0 Å². The number of hydrogen-bond donors (Lipinski definition) is 2. The molecule has 1 saturated heterocycles. The second kappa shape index (κ2) is 8.72. The molecule has 1 aromatic carbocycles. The number of nitrogens with zero attached hydrogens (tertiary/aromatic N) is 5. The predicted molar refractivity (Wildman–Crippen MR) is 121 cm³/mol. The third-order valence-corrected chi connectivity index (χ3v) is 6.09. The SMILES string of the molecule is CCc1nc2ccc(C3CCNCC3)nn2c1C(N)c1ccnc(-c2ccc(F)cc2)n1. The zero-order chi connectivity index (χ0) is 22.1. The van der Waals surface area contributed by atoms with Gasteiger partial charge in [0.05, 0.1) is 28.8 Å². The van der Waals surface area contributed by atoms with E-state index in [0.717, 1.165) is 60.6 Å². The number of aromatic nitrogens is 5. The molecule has 8 heteroatoms. The van der Waals surface area contributed by atoms with E-state index in [1.807, 2.05) is 16.6 Å². The van der Waals surface area contributed by atoms with Gasteiger partial charge in [0.1, 0.15) is 5.82 Å².